The van der Waals surface area contributed by atoms with Crippen molar-refractivity contribution in [2.45, 2.75) is 19.4 Å². The Labute approximate surface area is 166 Å². The van der Waals surface area contributed by atoms with Gasteiger partial charge in [-0.1, -0.05) is 31.2 Å². The van der Waals surface area contributed by atoms with Crippen molar-refractivity contribution in [3.63, 3.8) is 0 Å². The van der Waals surface area contributed by atoms with Crippen LogP contribution in [-0.4, -0.2) is 51.2 Å². The van der Waals surface area contributed by atoms with Crippen molar-refractivity contribution in [2.24, 2.45) is 0 Å². The van der Waals surface area contributed by atoms with Crippen LogP contribution in [0.5, 0.6) is 11.5 Å². The summed E-state index contributed by atoms with van der Waals surface area (Å²) < 4.78 is 10.6. The minimum absolute atomic E-state index is 0.0377. The highest BCUT2D eigenvalue weighted by Crippen LogP contribution is 2.30. The summed E-state index contributed by atoms with van der Waals surface area (Å²) in [5, 5.41) is 6.41. The Balaban J connectivity index is 1.67. The van der Waals surface area contributed by atoms with Gasteiger partial charge in [-0.2, -0.15) is 0 Å². The molecule has 1 aliphatic heterocycles. The van der Waals surface area contributed by atoms with E-state index in [-0.39, 0.29) is 11.9 Å². The zero-order valence-corrected chi connectivity index (χ0v) is 16.8. The summed E-state index contributed by atoms with van der Waals surface area (Å²) in [6.07, 6.45) is 1.03. The molecule has 1 atom stereocenters. The minimum Gasteiger partial charge on any atom is -0.493 e. The molecule has 3 rings (SSSR count). The van der Waals surface area contributed by atoms with Gasteiger partial charge in [-0.25, -0.2) is 0 Å². The number of carbonyl (C=O) groups excluding carboxylic acids is 1. The van der Waals surface area contributed by atoms with E-state index in [1.54, 1.807) is 26.4 Å². The third-order valence-electron chi connectivity index (χ3n) is 5.14. The maximum Gasteiger partial charge on any atom is 0.238 e. The zero-order chi connectivity index (χ0) is 19.9. The van der Waals surface area contributed by atoms with Crippen molar-refractivity contribution in [1.82, 2.24) is 10.2 Å². The minimum atomic E-state index is -0.0377. The van der Waals surface area contributed by atoms with Gasteiger partial charge in [0.25, 0.3) is 0 Å². The molecule has 1 unspecified atom stereocenters. The van der Waals surface area contributed by atoms with Gasteiger partial charge in [-0.15, -0.1) is 0 Å². The monoisotopic (exact) mass is 383 g/mol. The molecule has 1 fully saturated rings. The van der Waals surface area contributed by atoms with Crippen molar-refractivity contribution in [3.8, 4) is 11.5 Å². The number of amides is 1. The summed E-state index contributed by atoms with van der Waals surface area (Å²) in [6.45, 7) is 5.06. The molecule has 2 aromatic carbocycles. The molecule has 0 aliphatic carbocycles. The summed E-state index contributed by atoms with van der Waals surface area (Å²) in [5.41, 5.74) is 3.26. The smallest absolute Gasteiger partial charge is 0.238 e. The second-order valence-corrected chi connectivity index (χ2v) is 6.90. The summed E-state index contributed by atoms with van der Waals surface area (Å²) in [5.74, 6) is 1.19. The maximum atomic E-state index is 12.7. The predicted molar refractivity (Wildman–Crippen MR) is 111 cm³/mol. The molecule has 6 heteroatoms. The van der Waals surface area contributed by atoms with Gasteiger partial charge in [0, 0.05) is 37.4 Å². The number of piperazine rings is 1. The molecule has 28 heavy (non-hydrogen) atoms. The SMILES string of the molecule is CCc1ccc(C2CNCCN2CC(=O)Nc2ccc(OC)c(OC)c2)cc1. The topological polar surface area (TPSA) is 62.8 Å². The average Bonchev–Trinajstić information content (AvgIpc) is 2.74. The lowest BCUT2D eigenvalue weighted by Crippen LogP contribution is -2.48. The van der Waals surface area contributed by atoms with E-state index in [1.165, 1.54) is 11.1 Å². The number of anilines is 1. The van der Waals surface area contributed by atoms with Crippen LogP contribution >= 0.6 is 0 Å². The highest BCUT2D eigenvalue weighted by Gasteiger charge is 2.25. The number of methoxy groups -OCH3 is 2. The molecular formula is C22H29N3O3. The number of nitrogens with one attached hydrogen (secondary N) is 2. The van der Waals surface area contributed by atoms with Crippen LogP contribution in [0.3, 0.4) is 0 Å². The van der Waals surface area contributed by atoms with E-state index < -0.39 is 0 Å². The third-order valence-corrected chi connectivity index (χ3v) is 5.14. The fourth-order valence-corrected chi connectivity index (χ4v) is 3.54. The molecule has 0 aromatic heterocycles. The highest BCUT2D eigenvalue weighted by molar-refractivity contribution is 5.92. The lowest BCUT2D eigenvalue weighted by atomic mass is 10.0. The van der Waals surface area contributed by atoms with E-state index >= 15 is 0 Å². The Hall–Kier alpha value is -2.57. The van der Waals surface area contributed by atoms with Crippen LogP contribution < -0.4 is 20.1 Å². The van der Waals surface area contributed by atoms with E-state index in [1.807, 2.05) is 6.07 Å². The molecule has 1 amide bonds. The molecule has 2 N–H and O–H groups in total. The number of hydrogen-bond donors (Lipinski definition) is 2. The average molecular weight is 383 g/mol. The Bertz CT molecular complexity index is 792. The van der Waals surface area contributed by atoms with Crippen LogP contribution in [0.2, 0.25) is 0 Å². The third kappa shape index (κ3) is 4.82. The molecule has 0 radical (unpaired) electrons. The molecule has 2 aromatic rings. The van der Waals surface area contributed by atoms with E-state index in [9.17, 15) is 4.79 Å². The number of benzene rings is 2. The molecule has 1 aliphatic rings. The Morgan fingerprint density at radius 1 is 1.14 bits per heavy atom. The van der Waals surface area contributed by atoms with Gasteiger partial charge in [-0.3, -0.25) is 9.69 Å². The maximum absolute atomic E-state index is 12.7. The van der Waals surface area contributed by atoms with Crippen LogP contribution in [0.1, 0.15) is 24.1 Å². The molecule has 0 bridgehead atoms. The summed E-state index contributed by atoms with van der Waals surface area (Å²) >= 11 is 0. The normalized spacial score (nSPS) is 17.2. The first-order valence-corrected chi connectivity index (χ1v) is 9.70. The molecular weight excluding hydrogens is 354 g/mol. The number of nitrogens with zero attached hydrogens (tertiary/aromatic N) is 1. The largest absolute Gasteiger partial charge is 0.493 e. The first-order valence-electron chi connectivity index (χ1n) is 9.70. The van der Waals surface area contributed by atoms with Gasteiger partial charge in [-0.05, 0) is 29.7 Å². The van der Waals surface area contributed by atoms with Gasteiger partial charge >= 0.3 is 0 Å². The predicted octanol–water partition coefficient (Wildman–Crippen LogP) is 2.85. The molecule has 150 valence electrons. The van der Waals surface area contributed by atoms with Gasteiger partial charge in [0.1, 0.15) is 0 Å². The first-order chi connectivity index (χ1) is 13.6. The van der Waals surface area contributed by atoms with Gasteiger partial charge in [0.05, 0.1) is 20.8 Å². The van der Waals surface area contributed by atoms with E-state index in [0.29, 0.717) is 23.7 Å². The van der Waals surface area contributed by atoms with Crippen molar-refractivity contribution in [3.05, 3.63) is 53.6 Å². The number of rotatable bonds is 7. The molecule has 6 nitrogen and oxygen atoms in total. The van der Waals surface area contributed by atoms with Gasteiger partial charge in [0.15, 0.2) is 11.5 Å². The van der Waals surface area contributed by atoms with E-state index in [4.69, 9.17) is 9.47 Å². The van der Waals surface area contributed by atoms with Crippen LogP contribution in [0.4, 0.5) is 5.69 Å². The second-order valence-electron chi connectivity index (χ2n) is 6.90. The molecule has 0 spiro atoms. The molecule has 1 heterocycles. The quantitative estimate of drug-likeness (QED) is 0.770. The zero-order valence-electron chi connectivity index (χ0n) is 16.8. The van der Waals surface area contributed by atoms with Crippen LogP contribution in [0.25, 0.3) is 0 Å². The second kappa shape index (κ2) is 9.57. The number of aryl methyl sites for hydroxylation is 1. The standard InChI is InChI=1S/C22H29N3O3/c1-4-16-5-7-17(8-6-16)19-14-23-11-12-25(19)15-22(26)24-18-9-10-20(27-2)21(13-18)28-3/h5-10,13,19,23H,4,11-12,14-15H2,1-3H3,(H,24,26). The first kappa shape index (κ1) is 20.2. The molecule has 1 saturated heterocycles. The van der Waals surface area contributed by atoms with Crippen molar-refractivity contribution < 1.29 is 14.3 Å². The van der Waals surface area contributed by atoms with Crippen LogP contribution in [-0.2, 0) is 11.2 Å². The fourth-order valence-electron chi connectivity index (χ4n) is 3.54. The number of hydrogen-bond acceptors (Lipinski definition) is 5. The van der Waals surface area contributed by atoms with Crippen molar-refractivity contribution in [1.29, 1.82) is 0 Å². The Morgan fingerprint density at radius 3 is 2.57 bits per heavy atom. The van der Waals surface area contributed by atoms with E-state index in [2.05, 4.69) is 46.7 Å². The van der Waals surface area contributed by atoms with Crippen molar-refractivity contribution in [2.75, 3.05) is 45.7 Å². The number of carbonyl (C=O) groups is 1. The lowest BCUT2D eigenvalue weighted by molar-refractivity contribution is -0.118. The number of ether oxygens (including phenoxy) is 2. The summed E-state index contributed by atoms with van der Waals surface area (Å²) in [7, 11) is 3.17. The summed E-state index contributed by atoms with van der Waals surface area (Å²) in [4.78, 5) is 14.9. The van der Waals surface area contributed by atoms with Gasteiger partial charge < -0.3 is 20.1 Å². The van der Waals surface area contributed by atoms with Crippen LogP contribution in [0, 0.1) is 0 Å². The van der Waals surface area contributed by atoms with Crippen molar-refractivity contribution >= 4 is 11.6 Å². The lowest BCUT2D eigenvalue weighted by Gasteiger charge is -2.36. The Morgan fingerprint density at radius 2 is 1.89 bits per heavy atom. The highest BCUT2D eigenvalue weighted by atomic mass is 16.5. The fraction of sp³-hybridized carbons (Fsp3) is 0.409. The van der Waals surface area contributed by atoms with E-state index in [0.717, 1.165) is 26.1 Å². The van der Waals surface area contributed by atoms with Gasteiger partial charge in [0.2, 0.25) is 5.91 Å². The summed E-state index contributed by atoms with van der Waals surface area (Å²) in [6, 6.07) is 14.3. The Kier molecular flexibility index (Phi) is 6.90. The van der Waals surface area contributed by atoms with Crippen LogP contribution in [0.15, 0.2) is 42.5 Å². The molecule has 0 saturated carbocycles.